The van der Waals surface area contributed by atoms with Crippen LogP contribution in [0.3, 0.4) is 0 Å². The Bertz CT molecular complexity index is 793. The maximum atomic E-state index is 4.77. The molecule has 24 heavy (non-hydrogen) atoms. The van der Waals surface area contributed by atoms with Crippen molar-refractivity contribution in [3.05, 3.63) is 34.9 Å². The van der Waals surface area contributed by atoms with E-state index in [1.807, 2.05) is 6.20 Å². The van der Waals surface area contributed by atoms with Gasteiger partial charge in [-0.25, -0.2) is 4.98 Å². The Morgan fingerprint density at radius 1 is 1.25 bits per heavy atom. The summed E-state index contributed by atoms with van der Waals surface area (Å²) >= 11 is 5.12. The Hall–Kier alpha value is -1.20. The highest BCUT2D eigenvalue weighted by molar-refractivity contribution is 9.10. The average molecular weight is 404 g/mol. The van der Waals surface area contributed by atoms with Crippen LogP contribution in [-0.4, -0.2) is 10.7 Å². The van der Waals surface area contributed by atoms with E-state index >= 15 is 0 Å². The molecule has 3 nitrogen and oxygen atoms in total. The van der Waals surface area contributed by atoms with Crippen molar-refractivity contribution in [2.45, 2.75) is 40.0 Å². The number of anilines is 1. The average Bonchev–Trinajstić information content (AvgIpc) is 3.16. The molecular weight excluding hydrogens is 382 g/mol. The molecule has 0 radical (unpaired) electrons. The molecule has 0 aliphatic heterocycles. The van der Waals surface area contributed by atoms with Crippen LogP contribution in [-0.2, 0) is 0 Å². The fourth-order valence-corrected chi connectivity index (χ4v) is 5.31. The molecule has 0 spiro atoms. The van der Waals surface area contributed by atoms with Crippen molar-refractivity contribution in [3.63, 3.8) is 0 Å². The zero-order valence-electron chi connectivity index (χ0n) is 14.3. The van der Waals surface area contributed by atoms with Gasteiger partial charge in [-0.2, -0.15) is 5.10 Å². The molecule has 4 rings (SSSR count). The zero-order chi connectivity index (χ0) is 16.9. The van der Waals surface area contributed by atoms with Crippen LogP contribution in [0.2, 0.25) is 0 Å². The van der Waals surface area contributed by atoms with Gasteiger partial charge in [0, 0.05) is 21.8 Å². The highest BCUT2D eigenvalue weighted by atomic mass is 79.9. The summed E-state index contributed by atoms with van der Waals surface area (Å²) < 4.78 is 1.09. The van der Waals surface area contributed by atoms with E-state index in [0.29, 0.717) is 5.41 Å². The van der Waals surface area contributed by atoms with Crippen LogP contribution < -0.4 is 5.43 Å². The first-order valence-electron chi connectivity index (χ1n) is 8.45. The van der Waals surface area contributed by atoms with Crippen LogP contribution in [0.1, 0.15) is 40.0 Å². The van der Waals surface area contributed by atoms with Gasteiger partial charge in [0.15, 0.2) is 0 Å². The molecule has 5 heteroatoms. The highest BCUT2D eigenvalue weighted by Gasteiger charge is 2.59. The van der Waals surface area contributed by atoms with Crippen molar-refractivity contribution in [2.75, 3.05) is 5.43 Å². The first-order chi connectivity index (χ1) is 11.4. The standard InChI is InChI=1S/C19H22BrN3S/c1-18(2)13-8-9-19(18,3)16(10-13)22-23-17-21-11-15(24-17)12-4-6-14(20)7-5-12/h4-7,11,13H,8-10H2,1-3H3,(H,21,23)/b22-16-. The van der Waals surface area contributed by atoms with E-state index in [0.717, 1.165) is 26.8 Å². The molecule has 2 saturated carbocycles. The van der Waals surface area contributed by atoms with Gasteiger partial charge in [-0.3, -0.25) is 5.43 Å². The molecule has 2 unspecified atom stereocenters. The smallest absolute Gasteiger partial charge is 0.203 e. The molecule has 2 aliphatic carbocycles. The van der Waals surface area contributed by atoms with Crippen LogP contribution in [0.5, 0.6) is 0 Å². The molecule has 2 fully saturated rings. The molecule has 2 atom stereocenters. The predicted molar refractivity (Wildman–Crippen MR) is 106 cm³/mol. The summed E-state index contributed by atoms with van der Waals surface area (Å²) in [5.74, 6) is 0.776. The number of hydrogen-bond donors (Lipinski definition) is 1. The van der Waals surface area contributed by atoms with Gasteiger partial charge < -0.3 is 0 Å². The Balaban J connectivity index is 1.52. The summed E-state index contributed by atoms with van der Waals surface area (Å²) in [6.45, 7) is 7.19. The molecule has 126 valence electrons. The quantitative estimate of drug-likeness (QED) is 0.620. The van der Waals surface area contributed by atoms with E-state index in [1.165, 1.54) is 24.1 Å². The minimum absolute atomic E-state index is 0.233. The zero-order valence-corrected chi connectivity index (χ0v) is 16.7. The molecule has 0 amide bonds. The van der Waals surface area contributed by atoms with Crippen LogP contribution in [0, 0.1) is 16.7 Å². The highest BCUT2D eigenvalue weighted by Crippen LogP contribution is 2.63. The molecule has 2 aliphatic rings. The van der Waals surface area contributed by atoms with Crippen molar-refractivity contribution in [1.82, 2.24) is 4.98 Å². The number of halogens is 1. The van der Waals surface area contributed by atoms with Gasteiger partial charge in [-0.1, -0.05) is 60.2 Å². The van der Waals surface area contributed by atoms with Crippen molar-refractivity contribution in [3.8, 4) is 10.4 Å². The minimum atomic E-state index is 0.233. The second-order valence-electron chi connectivity index (χ2n) is 7.70. The molecule has 2 bridgehead atoms. The van der Waals surface area contributed by atoms with Crippen molar-refractivity contribution >= 4 is 38.1 Å². The van der Waals surface area contributed by atoms with Gasteiger partial charge >= 0.3 is 0 Å². The topological polar surface area (TPSA) is 37.3 Å². The summed E-state index contributed by atoms with van der Waals surface area (Å²) in [4.78, 5) is 5.64. The molecular formula is C19H22BrN3S. The minimum Gasteiger partial charge on any atom is -0.253 e. The lowest BCUT2D eigenvalue weighted by Gasteiger charge is -2.34. The summed E-state index contributed by atoms with van der Waals surface area (Å²) in [6.07, 6.45) is 5.64. The van der Waals surface area contributed by atoms with Crippen molar-refractivity contribution in [1.29, 1.82) is 0 Å². The number of thiazole rings is 1. The Labute approximate surface area is 155 Å². The van der Waals surface area contributed by atoms with E-state index in [-0.39, 0.29) is 5.41 Å². The number of aromatic nitrogens is 1. The summed E-state index contributed by atoms with van der Waals surface area (Å²) in [5.41, 5.74) is 6.32. The van der Waals surface area contributed by atoms with Crippen LogP contribution in [0.25, 0.3) is 10.4 Å². The summed E-state index contributed by atoms with van der Waals surface area (Å²) in [5, 5.41) is 5.64. The second kappa shape index (κ2) is 5.67. The number of benzene rings is 1. The number of hydrogen-bond acceptors (Lipinski definition) is 4. The third-order valence-electron chi connectivity index (χ3n) is 6.43. The third kappa shape index (κ3) is 2.44. The van der Waals surface area contributed by atoms with E-state index in [1.54, 1.807) is 11.3 Å². The first kappa shape index (κ1) is 16.3. The van der Waals surface area contributed by atoms with E-state index < -0.39 is 0 Å². The summed E-state index contributed by atoms with van der Waals surface area (Å²) in [7, 11) is 0. The molecule has 2 aromatic rings. The maximum absolute atomic E-state index is 4.77. The monoisotopic (exact) mass is 403 g/mol. The number of rotatable bonds is 3. The maximum Gasteiger partial charge on any atom is 0.203 e. The largest absolute Gasteiger partial charge is 0.253 e. The molecule has 1 N–H and O–H groups in total. The number of nitrogens with zero attached hydrogens (tertiary/aromatic N) is 2. The van der Waals surface area contributed by atoms with Gasteiger partial charge in [0.2, 0.25) is 5.13 Å². The van der Waals surface area contributed by atoms with E-state index in [4.69, 9.17) is 5.10 Å². The van der Waals surface area contributed by atoms with Crippen LogP contribution in [0.4, 0.5) is 5.13 Å². The van der Waals surface area contributed by atoms with Gasteiger partial charge in [-0.15, -0.1) is 0 Å². The van der Waals surface area contributed by atoms with Gasteiger partial charge in [0.25, 0.3) is 0 Å². The fourth-order valence-electron chi connectivity index (χ4n) is 4.29. The number of nitrogens with one attached hydrogen (secondary N) is 1. The third-order valence-corrected chi connectivity index (χ3v) is 7.91. The summed E-state index contributed by atoms with van der Waals surface area (Å²) in [6, 6.07) is 8.32. The van der Waals surface area contributed by atoms with Crippen molar-refractivity contribution < 1.29 is 0 Å². The molecule has 1 aromatic carbocycles. The van der Waals surface area contributed by atoms with Gasteiger partial charge in [0.05, 0.1) is 4.88 Å². The Morgan fingerprint density at radius 2 is 2.00 bits per heavy atom. The predicted octanol–water partition coefficient (Wildman–Crippen LogP) is 6.19. The molecule has 1 heterocycles. The fraction of sp³-hybridized carbons (Fsp3) is 0.474. The Kier molecular flexibility index (Phi) is 3.84. The lowest BCUT2D eigenvalue weighted by molar-refractivity contribution is 0.194. The van der Waals surface area contributed by atoms with Gasteiger partial charge in [0.1, 0.15) is 0 Å². The number of hydrazone groups is 1. The van der Waals surface area contributed by atoms with Gasteiger partial charge in [-0.05, 0) is 48.3 Å². The normalized spacial score (nSPS) is 29.3. The SMILES string of the molecule is CC12CCC(C/C1=N/Nc1ncc(-c3ccc(Br)cc3)s1)C2(C)C. The number of fused-ring (bicyclic) bond motifs is 2. The molecule has 0 saturated heterocycles. The second-order valence-corrected chi connectivity index (χ2v) is 9.65. The van der Waals surface area contributed by atoms with E-state index in [2.05, 4.69) is 71.4 Å². The van der Waals surface area contributed by atoms with Crippen molar-refractivity contribution in [2.24, 2.45) is 21.8 Å². The lowest BCUT2D eigenvalue weighted by atomic mass is 9.70. The van der Waals surface area contributed by atoms with Crippen LogP contribution in [0.15, 0.2) is 40.0 Å². The molecule has 1 aromatic heterocycles. The first-order valence-corrected chi connectivity index (χ1v) is 10.1. The van der Waals surface area contributed by atoms with Crippen LogP contribution >= 0.6 is 27.3 Å². The van der Waals surface area contributed by atoms with E-state index in [9.17, 15) is 0 Å². The lowest BCUT2D eigenvalue weighted by Crippen LogP contribution is -2.32. The Morgan fingerprint density at radius 3 is 2.62 bits per heavy atom.